The van der Waals surface area contributed by atoms with Crippen LogP contribution < -0.4 is 15.0 Å². The van der Waals surface area contributed by atoms with Crippen LogP contribution in [0.4, 0.5) is 11.9 Å². The van der Waals surface area contributed by atoms with Crippen molar-refractivity contribution < 1.29 is 4.74 Å². The topological polar surface area (TPSA) is 63.2 Å². The summed E-state index contributed by atoms with van der Waals surface area (Å²) in [6.45, 7) is 13.1. The van der Waals surface area contributed by atoms with Gasteiger partial charge in [0.2, 0.25) is 11.9 Å². The second-order valence-corrected chi connectivity index (χ2v) is 5.92. The monoisotopic (exact) mass is 293 g/mol. The minimum absolute atomic E-state index is 0.400. The highest BCUT2D eigenvalue weighted by atomic mass is 16.5. The maximum absolute atomic E-state index is 5.48. The van der Waals surface area contributed by atoms with Crippen molar-refractivity contribution in [1.82, 2.24) is 15.0 Å². The van der Waals surface area contributed by atoms with E-state index in [1.807, 2.05) is 13.8 Å². The molecule has 0 aromatic carbocycles. The number of piperidine rings is 1. The molecular formula is C15H27N5O. The van der Waals surface area contributed by atoms with Crippen LogP contribution in [0.15, 0.2) is 0 Å². The maximum Gasteiger partial charge on any atom is 0.323 e. The molecule has 0 bridgehead atoms. The van der Waals surface area contributed by atoms with Crippen molar-refractivity contribution >= 4 is 11.9 Å². The first kappa shape index (κ1) is 15.8. The summed E-state index contributed by atoms with van der Waals surface area (Å²) in [5.41, 5.74) is 0. The van der Waals surface area contributed by atoms with Crippen LogP contribution in [0.1, 0.15) is 41.0 Å². The van der Waals surface area contributed by atoms with Gasteiger partial charge in [0.05, 0.1) is 6.61 Å². The summed E-state index contributed by atoms with van der Waals surface area (Å²) in [6, 6.07) is 0.823. The van der Waals surface area contributed by atoms with E-state index in [0.717, 1.165) is 19.0 Å². The van der Waals surface area contributed by atoms with Gasteiger partial charge >= 0.3 is 6.01 Å². The van der Waals surface area contributed by atoms with Crippen molar-refractivity contribution in [2.75, 3.05) is 29.9 Å². The summed E-state index contributed by atoms with van der Waals surface area (Å²) in [5, 5.41) is 3.15. The van der Waals surface area contributed by atoms with E-state index in [2.05, 4.69) is 45.9 Å². The van der Waals surface area contributed by atoms with Gasteiger partial charge in [-0.05, 0) is 39.0 Å². The maximum atomic E-state index is 5.48. The molecule has 6 heteroatoms. The van der Waals surface area contributed by atoms with Crippen LogP contribution in [0.5, 0.6) is 6.01 Å². The second kappa shape index (κ2) is 6.91. The first-order valence-corrected chi connectivity index (χ1v) is 7.94. The number of hydrogen-bond acceptors (Lipinski definition) is 6. The van der Waals surface area contributed by atoms with E-state index in [0.29, 0.717) is 36.4 Å². The Morgan fingerprint density at radius 1 is 1.19 bits per heavy atom. The fourth-order valence-electron chi connectivity index (χ4n) is 2.88. The van der Waals surface area contributed by atoms with Crippen molar-refractivity contribution in [3.8, 4) is 6.01 Å². The molecule has 2 rings (SSSR count). The SMILES string of the molecule is CCNc1nc(OCC)nc(N2CC(C)CC(C)C2C)n1. The molecule has 0 radical (unpaired) electrons. The normalized spacial score (nSPS) is 25.8. The molecule has 21 heavy (non-hydrogen) atoms. The minimum atomic E-state index is 0.400. The summed E-state index contributed by atoms with van der Waals surface area (Å²) in [6.07, 6.45) is 1.25. The molecule has 1 aliphatic rings. The third-order valence-electron chi connectivity index (χ3n) is 4.07. The molecule has 0 spiro atoms. The number of nitrogens with zero attached hydrogens (tertiary/aromatic N) is 4. The lowest BCUT2D eigenvalue weighted by Gasteiger charge is -2.41. The Labute approximate surface area is 127 Å². The molecule has 0 amide bonds. The highest BCUT2D eigenvalue weighted by Crippen LogP contribution is 2.30. The smallest absolute Gasteiger partial charge is 0.323 e. The van der Waals surface area contributed by atoms with Crippen molar-refractivity contribution in [2.45, 2.75) is 47.1 Å². The Balaban J connectivity index is 2.31. The van der Waals surface area contributed by atoms with Gasteiger partial charge in [-0.1, -0.05) is 13.8 Å². The summed E-state index contributed by atoms with van der Waals surface area (Å²) in [7, 11) is 0. The van der Waals surface area contributed by atoms with Crippen LogP contribution >= 0.6 is 0 Å². The molecule has 1 aliphatic heterocycles. The Morgan fingerprint density at radius 2 is 1.95 bits per heavy atom. The van der Waals surface area contributed by atoms with Crippen LogP contribution in [-0.2, 0) is 0 Å². The first-order chi connectivity index (χ1) is 10.0. The van der Waals surface area contributed by atoms with E-state index in [1.165, 1.54) is 6.42 Å². The highest BCUT2D eigenvalue weighted by Gasteiger charge is 2.31. The van der Waals surface area contributed by atoms with Gasteiger partial charge in [0, 0.05) is 19.1 Å². The lowest BCUT2D eigenvalue weighted by Crippen LogP contribution is -2.46. The van der Waals surface area contributed by atoms with Crippen LogP contribution in [0.25, 0.3) is 0 Å². The van der Waals surface area contributed by atoms with Crippen LogP contribution in [0, 0.1) is 11.8 Å². The lowest BCUT2D eigenvalue weighted by atomic mass is 9.86. The van der Waals surface area contributed by atoms with Gasteiger partial charge in [-0.3, -0.25) is 0 Å². The Hall–Kier alpha value is -1.59. The molecular weight excluding hydrogens is 266 g/mol. The van der Waals surface area contributed by atoms with Crippen molar-refractivity contribution in [3.63, 3.8) is 0 Å². The number of hydrogen-bond donors (Lipinski definition) is 1. The molecule has 1 N–H and O–H groups in total. The summed E-state index contributed by atoms with van der Waals surface area (Å²) >= 11 is 0. The molecule has 1 aromatic heterocycles. The van der Waals surface area contributed by atoms with Crippen molar-refractivity contribution in [3.05, 3.63) is 0 Å². The Morgan fingerprint density at radius 3 is 2.62 bits per heavy atom. The van der Waals surface area contributed by atoms with Gasteiger partial charge in [-0.25, -0.2) is 0 Å². The van der Waals surface area contributed by atoms with Crippen LogP contribution in [0.3, 0.4) is 0 Å². The largest absolute Gasteiger partial charge is 0.464 e. The van der Waals surface area contributed by atoms with E-state index in [1.54, 1.807) is 0 Å². The van der Waals surface area contributed by atoms with Crippen LogP contribution in [-0.4, -0.2) is 40.7 Å². The zero-order valence-electron chi connectivity index (χ0n) is 13.8. The molecule has 1 saturated heterocycles. The van der Waals surface area contributed by atoms with Gasteiger partial charge in [-0.2, -0.15) is 15.0 Å². The van der Waals surface area contributed by atoms with E-state index in [-0.39, 0.29) is 0 Å². The summed E-state index contributed by atoms with van der Waals surface area (Å²) in [5.74, 6) is 2.58. The fourth-order valence-corrected chi connectivity index (χ4v) is 2.88. The molecule has 2 heterocycles. The quantitative estimate of drug-likeness (QED) is 0.900. The minimum Gasteiger partial charge on any atom is -0.464 e. The van der Waals surface area contributed by atoms with Gasteiger partial charge in [-0.15, -0.1) is 0 Å². The zero-order chi connectivity index (χ0) is 15.4. The Kier molecular flexibility index (Phi) is 5.20. The standard InChI is InChI=1S/C15H27N5O/c1-6-16-13-17-14(19-15(18-13)21-7-2)20-9-10(3)8-11(4)12(20)5/h10-12H,6-9H2,1-5H3,(H,16,17,18,19). The van der Waals surface area contributed by atoms with E-state index >= 15 is 0 Å². The molecule has 3 atom stereocenters. The summed E-state index contributed by atoms with van der Waals surface area (Å²) in [4.78, 5) is 15.6. The zero-order valence-corrected chi connectivity index (χ0v) is 13.8. The molecule has 118 valence electrons. The van der Waals surface area contributed by atoms with E-state index < -0.39 is 0 Å². The van der Waals surface area contributed by atoms with Crippen molar-refractivity contribution in [1.29, 1.82) is 0 Å². The third-order valence-corrected chi connectivity index (χ3v) is 4.07. The van der Waals surface area contributed by atoms with Crippen LogP contribution in [0.2, 0.25) is 0 Å². The lowest BCUT2D eigenvalue weighted by molar-refractivity contribution is 0.288. The average molecular weight is 293 g/mol. The highest BCUT2D eigenvalue weighted by molar-refractivity contribution is 5.40. The predicted octanol–water partition coefficient (Wildman–Crippen LogP) is 2.57. The molecule has 0 aliphatic carbocycles. The first-order valence-electron chi connectivity index (χ1n) is 7.94. The average Bonchev–Trinajstić information content (AvgIpc) is 2.43. The number of nitrogens with one attached hydrogen (secondary N) is 1. The molecule has 1 aromatic rings. The number of rotatable bonds is 5. The van der Waals surface area contributed by atoms with E-state index in [4.69, 9.17) is 4.74 Å². The third kappa shape index (κ3) is 3.74. The Bertz CT molecular complexity index is 443. The number of ether oxygens (including phenoxy) is 1. The molecule has 6 nitrogen and oxygen atoms in total. The molecule has 1 fully saturated rings. The van der Waals surface area contributed by atoms with Gasteiger partial charge in [0.1, 0.15) is 0 Å². The van der Waals surface area contributed by atoms with E-state index in [9.17, 15) is 0 Å². The molecule has 3 unspecified atom stereocenters. The fraction of sp³-hybridized carbons (Fsp3) is 0.800. The van der Waals surface area contributed by atoms with Gasteiger partial charge in [0.15, 0.2) is 0 Å². The van der Waals surface area contributed by atoms with Gasteiger partial charge in [0.25, 0.3) is 0 Å². The van der Waals surface area contributed by atoms with Gasteiger partial charge < -0.3 is 15.0 Å². The number of aromatic nitrogens is 3. The van der Waals surface area contributed by atoms with Crippen molar-refractivity contribution in [2.24, 2.45) is 11.8 Å². The second-order valence-electron chi connectivity index (χ2n) is 5.92. The number of anilines is 2. The summed E-state index contributed by atoms with van der Waals surface area (Å²) < 4.78 is 5.48. The predicted molar refractivity (Wildman–Crippen MR) is 84.9 cm³/mol. The molecule has 0 saturated carbocycles.